The molecular weight excluding hydrogens is 304 g/mol. The van der Waals surface area contributed by atoms with Crippen molar-refractivity contribution < 1.29 is 30.0 Å². The number of alkyl halides is 1. The van der Waals surface area contributed by atoms with Gasteiger partial charge in [0.25, 0.3) is 0 Å². The van der Waals surface area contributed by atoms with Gasteiger partial charge in [-0.05, 0) is 6.42 Å². The maximum absolute atomic E-state index is 12.1. The van der Waals surface area contributed by atoms with Crippen molar-refractivity contribution in [2.24, 2.45) is 0 Å². The Morgan fingerprint density at radius 1 is 1.29 bits per heavy atom. The Bertz CT molecular complexity index is 333. The fourth-order valence-electron chi connectivity index (χ4n) is 2.18. The SMILES string of the molecule is CCCN(C(=O)NCCCl)C1O[C@H](CO)[C@H](O)[C@H](O)[C@H]1O. The van der Waals surface area contributed by atoms with E-state index in [4.69, 9.17) is 21.4 Å². The summed E-state index contributed by atoms with van der Waals surface area (Å²) in [6.45, 7) is 1.82. The van der Waals surface area contributed by atoms with E-state index < -0.39 is 43.3 Å². The molecule has 0 bridgehead atoms. The molecule has 0 aromatic rings. The molecule has 0 spiro atoms. The van der Waals surface area contributed by atoms with Gasteiger partial charge < -0.3 is 30.5 Å². The standard InChI is InChI=1S/C12H23ClN2O6/c1-2-5-15(12(20)14-4-3-13)11-10(19)9(18)8(17)7(6-16)21-11/h7-11,16-19H,2-6H2,1H3,(H,14,20)/t7-,8+,9+,10-,11?/m1/s1. The molecule has 5 N–H and O–H groups in total. The second-order valence-electron chi connectivity index (χ2n) is 4.83. The monoisotopic (exact) mass is 326 g/mol. The summed E-state index contributed by atoms with van der Waals surface area (Å²) in [7, 11) is 0. The molecule has 2 amide bonds. The van der Waals surface area contributed by atoms with Crippen molar-refractivity contribution in [1.29, 1.82) is 0 Å². The van der Waals surface area contributed by atoms with E-state index in [0.29, 0.717) is 6.42 Å². The first-order chi connectivity index (χ1) is 9.97. The predicted molar refractivity (Wildman–Crippen MR) is 74.9 cm³/mol. The van der Waals surface area contributed by atoms with Crippen molar-refractivity contribution in [3.05, 3.63) is 0 Å². The summed E-state index contributed by atoms with van der Waals surface area (Å²) in [5.41, 5.74) is 0. The highest BCUT2D eigenvalue weighted by molar-refractivity contribution is 6.18. The molecule has 1 unspecified atom stereocenters. The first kappa shape index (κ1) is 18.4. The van der Waals surface area contributed by atoms with E-state index in [1.165, 1.54) is 4.90 Å². The summed E-state index contributed by atoms with van der Waals surface area (Å²) in [6, 6.07) is -0.498. The Balaban J connectivity index is 2.86. The molecule has 1 heterocycles. The third-order valence-electron chi connectivity index (χ3n) is 3.27. The number of nitrogens with one attached hydrogen (secondary N) is 1. The van der Waals surface area contributed by atoms with Gasteiger partial charge in [0.05, 0.1) is 6.61 Å². The van der Waals surface area contributed by atoms with Crippen LogP contribution in [-0.2, 0) is 4.74 Å². The van der Waals surface area contributed by atoms with Gasteiger partial charge in [0.1, 0.15) is 24.4 Å². The minimum absolute atomic E-state index is 0.236. The molecule has 0 saturated carbocycles. The fraction of sp³-hybridized carbons (Fsp3) is 0.917. The Morgan fingerprint density at radius 2 is 1.95 bits per heavy atom. The summed E-state index contributed by atoms with van der Waals surface area (Å²) in [4.78, 5) is 13.3. The van der Waals surface area contributed by atoms with Crippen LogP contribution in [0.5, 0.6) is 0 Å². The van der Waals surface area contributed by atoms with E-state index in [-0.39, 0.29) is 19.0 Å². The van der Waals surface area contributed by atoms with Gasteiger partial charge >= 0.3 is 6.03 Å². The smallest absolute Gasteiger partial charge is 0.319 e. The molecule has 0 aliphatic carbocycles. The third kappa shape index (κ3) is 4.41. The Hall–Kier alpha value is -0.640. The zero-order valence-corrected chi connectivity index (χ0v) is 12.6. The van der Waals surface area contributed by atoms with Gasteiger partial charge in [-0.15, -0.1) is 11.6 Å². The van der Waals surface area contributed by atoms with Crippen molar-refractivity contribution in [2.75, 3.05) is 25.6 Å². The molecule has 1 aliphatic rings. The van der Waals surface area contributed by atoms with Crippen LogP contribution in [0.15, 0.2) is 0 Å². The molecular formula is C12H23ClN2O6. The number of carbonyl (C=O) groups is 1. The summed E-state index contributed by atoms with van der Waals surface area (Å²) in [5, 5.41) is 41.2. The van der Waals surface area contributed by atoms with E-state index in [9.17, 15) is 20.1 Å². The maximum Gasteiger partial charge on any atom is 0.319 e. The average Bonchev–Trinajstić information content (AvgIpc) is 2.49. The largest absolute Gasteiger partial charge is 0.394 e. The lowest BCUT2D eigenvalue weighted by molar-refractivity contribution is -0.257. The summed E-state index contributed by atoms with van der Waals surface area (Å²) >= 11 is 5.51. The van der Waals surface area contributed by atoms with E-state index in [0.717, 1.165) is 0 Å². The topological polar surface area (TPSA) is 122 Å². The van der Waals surface area contributed by atoms with Crippen molar-refractivity contribution in [3.8, 4) is 0 Å². The number of hydrogen-bond donors (Lipinski definition) is 5. The fourth-order valence-corrected chi connectivity index (χ4v) is 2.28. The van der Waals surface area contributed by atoms with Crippen LogP contribution in [0.3, 0.4) is 0 Å². The van der Waals surface area contributed by atoms with Gasteiger partial charge in [-0.1, -0.05) is 6.92 Å². The number of amides is 2. The van der Waals surface area contributed by atoms with Crippen molar-refractivity contribution >= 4 is 17.6 Å². The molecule has 1 fully saturated rings. The lowest BCUT2D eigenvalue weighted by atomic mass is 9.98. The van der Waals surface area contributed by atoms with Gasteiger partial charge in [-0.3, -0.25) is 4.90 Å². The second kappa shape index (κ2) is 8.72. The minimum atomic E-state index is -1.51. The van der Waals surface area contributed by atoms with Gasteiger partial charge in [0.2, 0.25) is 0 Å². The zero-order chi connectivity index (χ0) is 16.0. The average molecular weight is 327 g/mol. The number of nitrogens with zero attached hydrogens (tertiary/aromatic N) is 1. The first-order valence-electron chi connectivity index (χ1n) is 6.88. The molecule has 0 aromatic heterocycles. The third-order valence-corrected chi connectivity index (χ3v) is 3.46. The highest BCUT2D eigenvalue weighted by atomic mass is 35.5. The maximum atomic E-state index is 12.1. The molecule has 8 nitrogen and oxygen atoms in total. The predicted octanol–water partition coefficient (Wildman–Crippen LogP) is -1.55. The van der Waals surface area contributed by atoms with Gasteiger partial charge in [0, 0.05) is 19.0 Å². The van der Waals surface area contributed by atoms with E-state index >= 15 is 0 Å². The van der Waals surface area contributed by atoms with Gasteiger partial charge in [-0.25, -0.2) is 4.79 Å². The van der Waals surface area contributed by atoms with Crippen LogP contribution < -0.4 is 5.32 Å². The normalized spacial score (nSPS) is 32.8. The number of hydrogen-bond acceptors (Lipinski definition) is 6. The quantitative estimate of drug-likeness (QED) is 0.377. The number of aliphatic hydroxyl groups excluding tert-OH is 4. The number of urea groups is 1. The molecule has 1 aliphatic heterocycles. The second-order valence-corrected chi connectivity index (χ2v) is 5.21. The zero-order valence-electron chi connectivity index (χ0n) is 11.9. The number of carbonyl (C=O) groups excluding carboxylic acids is 1. The number of ether oxygens (including phenoxy) is 1. The highest BCUT2D eigenvalue weighted by Crippen LogP contribution is 2.24. The number of aliphatic hydroxyl groups is 4. The number of rotatable bonds is 6. The molecule has 9 heteroatoms. The highest BCUT2D eigenvalue weighted by Gasteiger charge is 2.46. The molecule has 0 aromatic carbocycles. The minimum Gasteiger partial charge on any atom is -0.394 e. The first-order valence-corrected chi connectivity index (χ1v) is 7.42. The summed E-state index contributed by atoms with van der Waals surface area (Å²) in [6.07, 6.45) is -6.04. The molecule has 1 saturated heterocycles. The Labute approximate surface area is 128 Å². The van der Waals surface area contributed by atoms with Crippen molar-refractivity contribution in [2.45, 2.75) is 44.0 Å². The van der Waals surface area contributed by atoms with Crippen LogP contribution in [0.2, 0.25) is 0 Å². The van der Waals surface area contributed by atoms with Crippen molar-refractivity contribution in [1.82, 2.24) is 10.2 Å². The molecule has 1 rings (SSSR count). The summed E-state index contributed by atoms with van der Waals surface area (Å²) < 4.78 is 5.37. The Kier molecular flexibility index (Phi) is 7.64. The number of halogens is 1. The van der Waals surface area contributed by atoms with E-state index in [1.807, 2.05) is 6.92 Å². The van der Waals surface area contributed by atoms with Gasteiger partial charge in [-0.2, -0.15) is 0 Å². The molecule has 124 valence electrons. The van der Waals surface area contributed by atoms with Crippen LogP contribution in [-0.4, -0.2) is 87.6 Å². The summed E-state index contributed by atoms with van der Waals surface area (Å²) in [5.74, 6) is 0.236. The van der Waals surface area contributed by atoms with E-state index in [1.54, 1.807) is 0 Å². The lowest BCUT2D eigenvalue weighted by Crippen LogP contribution is -2.65. The molecule has 5 atom stereocenters. The van der Waals surface area contributed by atoms with Crippen LogP contribution in [0.1, 0.15) is 13.3 Å². The van der Waals surface area contributed by atoms with Crippen LogP contribution in [0.4, 0.5) is 4.79 Å². The van der Waals surface area contributed by atoms with Crippen LogP contribution >= 0.6 is 11.6 Å². The lowest BCUT2D eigenvalue weighted by Gasteiger charge is -2.44. The van der Waals surface area contributed by atoms with Crippen LogP contribution in [0.25, 0.3) is 0 Å². The van der Waals surface area contributed by atoms with E-state index in [2.05, 4.69) is 5.32 Å². The van der Waals surface area contributed by atoms with Gasteiger partial charge in [0.15, 0.2) is 6.23 Å². The molecule has 0 radical (unpaired) electrons. The molecule has 21 heavy (non-hydrogen) atoms. The van der Waals surface area contributed by atoms with Crippen molar-refractivity contribution in [3.63, 3.8) is 0 Å². The van der Waals surface area contributed by atoms with Crippen LogP contribution in [0, 0.1) is 0 Å². The Morgan fingerprint density at radius 3 is 2.48 bits per heavy atom.